The molecule has 0 aliphatic carbocycles. The zero-order chi connectivity index (χ0) is 12.3. The number of halogens is 1. The second-order valence-electron chi connectivity index (χ2n) is 3.65. The highest BCUT2D eigenvalue weighted by Gasteiger charge is 2.06. The highest BCUT2D eigenvalue weighted by molar-refractivity contribution is 9.10. The van der Waals surface area contributed by atoms with Gasteiger partial charge in [0.2, 0.25) is 0 Å². The molecule has 0 radical (unpaired) electrons. The minimum Gasteiger partial charge on any atom is -0.322 e. The molecule has 0 saturated carbocycles. The van der Waals surface area contributed by atoms with Crippen molar-refractivity contribution in [3.63, 3.8) is 0 Å². The van der Waals surface area contributed by atoms with Gasteiger partial charge in [-0.2, -0.15) is 0 Å². The van der Waals surface area contributed by atoms with Crippen molar-refractivity contribution in [1.29, 1.82) is 0 Å². The quantitative estimate of drug-likeness (QED) is 0.921. The van der Waals surface area contributed by atoms with Crippen molar-refractivity contribution in [3.05, 3.63) is 58.3 Å². The van der Waals surface area contributed by atoms with Crippen LogP contribution in [0.2, 0.25) is 0 Å². The van der Waals surface area contributed by atoms with Crippen molar-refractivity contribution < 1.29 is 4.79 Å². The number of nitrogens with one attached hydrogen (secondary N) is 1. The summed E-state index contributed by atoms with van der Waals surface area (Å²) in [5, 5.41) is 2.83. The standard InChI is InChI=1S/C13H11BrN2O/c1-9-7-10(5-6-15-9)13(17)16-12-4-2-3-11(14)8-12/h2-8H,1H3,(H,16,17). The van der Waals surface area contributed by atoms with Crippen LogP contribution in [0.15, 0.2) is 47.1 Å². The van der Waals surface area contributed by atoms with E-state index in [2.05, 4.69) is 26.2 Å². The average Bonchev–Trinajstić information content (AvgIpc) is 2.29. The lowest BCUT2D eigenvalue weighted by atomic mass is 10.2. The second-order valence-corrected chi connectivity index (χ2v) is 4.57. The summed E-state index contributed by atoms with van der Waals surface area (Å²) in [4.78, 5) is 16.0. The van der Waals surface area contributed by atoms with Crippen LogP contribution in [-0.2, 0) is 0 Å². The molecule has 0 unspecified atom stereocenters. The predicted molar refractivity (Wildman–Crippen MR) is 71.1 cm³/mol. The van der Waals surface area contributed by atoms with E-state index in [0.29, 0.717) is 5.56 Å². The molecule has 0 fully saturated rings. The molecule has 0 bridgehead atoms. The number of amides is 1. The van der Waals surface area contributed by atoms with Gasteiger partial charge in [-0.05, 0) is 37.3 Å². The fraction of sp³-hybridized carbons (Fsp3) is 0.0769. The van der Waals surface area contributed by atoms with E-state index in [0.717, 1.165) is 15.9 Å². The van der Waals surface area contributed by atoms with Gasteiger partial charge < -0.3 is 5.32 Å². The number of anilines is 1. The van der Waals surface area contributed by atoms with Gasteiger partial charge in [0.25, 0.3) is 5.91 Å². The van der Waals surface area contributed by atoms with Crippen molar-refractivity contribution in [2.45, 2.75) is 6.92 Å². The maximum absolute atomic E-state index is 11.9. The molecule has 0 saturated heterocycles. The van der Waals surface area contributed by atoms with Gasteiger partial charge in [0.1, 0.15) is 0 Å². The second kappa shape index (κ2) is 5.10. The van der Waals surface area contributed by atoms with Crippen molar-refractivity contribution in [1.82, 2.24) is 4.98 Å². The third-order valence-corrected chi connectivity index (χ3v) is 2.73. The molecule has 2 rings (SSSR count). The molecular formula is C13H11BrN2O. The number of hydrogen-bond acceptors (Lipinski definition) is 2. The van der Waals surface area contributed by atoms with Crippen molar-refractivity contribution in [2.24, 2.45) is 0 Å². The van der Waals surface area contributed by atoms with Gasteiger partial charge in [-0.1, -0.05) is 22.0 Å². The highest BCUT2D eigenvalue weighted by atomic mass is 79.9. The van der Waals surface area contributed by atoms with Crippen LogP contribution < -0.4 is 5.32 Å². The third-order valence-electron chi connectivity index (χ3n) is 2.24. The number of aryl methyl sites for hydroxylation is 1. The van der Waals surface area contributed by atoms with E-state index < -0.39 is 0 Å². The summed E-state index contributed by atoms with van der Waals surface area (Å²) in [6.07, 6.45) is 1.63. The molecule has 2 aromatic rings. The zero-order valence-corrected chi connectivity index (χ0v) is 10.9. The van der Waals surface area contributed by atoms with Gasteiger partial charge in [-0.25, -0.2) is 0 Å². The summed E-state index contributed by atoms with van der Waals surface area (Å²) in [5.41, 5.74) is 2.20. The van der Waals surface area contributed by atoms with E-state index >= 15 is 0 Å². The lowest BCUT2D eigenvalue weighted by Gasteiger charge is -2.05. The lowest BCUT2D eigenvalue weighted by molar-refractivity contribution is 0.102. The Morgan fingerprint density at radius 1 is 1.29 bits per heavy atom. The summed E-state index contributed by atoms with van der Waals surface area (Å²) in [6.45, 7) is 1.86. The Bertz CT molecular complexity index is 555. The summed E-state index contributed by atoms with van der Waals surface area (Å²) >= 11 is 3.36. The summed E-state index contributed by atoms with van der Waals surface area (Å²) in [7, 11) is 0. The van der Waals surface area contributed by atoms with E-state index in [4.69, 9.17) is 0 Å². The van der Waals surface area contributed by atoms with E-state index in [-0.39, 0.29) is 5.91 Å². The molecule has 17 heavy (non-hydrogen) atoms. The third kappa shape index (κ3) is 3.14. The summed E-state index contributed by atoms with van der Waals surface area (Å²) in [6, 6.07) is 10.9. The Balaban J connectivity index is 2.17. The monoisotopic (exact) mass is 290 g/mol. The van der Waals surface area contributed by atoms with Gasteiger partial charge in [0, 0.05) is 27.6 Å². The average molecular weight is 291 g/mol. The molecular weight excluding hydrogens is 280 g/mol. The molecule has 1 aromatic heterocycles. The SMILES string of the molecule is Cc1cc(C(=O)Nc2cccc(Br)c2)ccn1. The van der Waals surface area contributed by atoms with Crippen molar-refractivity contribution in [3.8, 4) is 0 Å². The maximum Gasteiger partial charge on any atom is 0.255 e. The van der Waals surface area contributed by atoms with E-state index in [1.165, 1.54) is 0 Å². The molecule has 1 amide bonds. The van der Waals surface area contributed by atoms with E-state index in [1.54, 1.807) is 18.3 Å². The van der Waals surface area contributed by atoms with Gasteiger partial charge in [-0.3, -0.25) is 9.78 Å². The normalized spacial score (nSPS) is 10.0. The number of pyridine rings is 1. The van der Waals surface area contributed by atoms with Gasteiger partial charge >= 0.3 is 0 Å². The van der Waals surface area contributed by atoms with Gasteiger partial charge in [0.05, 0.1) is 0 Å². The van der Waals surface area contributed by atoms with Gasteiger partial charge in [0.15, 0.2) is 0 Å². The van der Waals surface area contributed by atoms with Crippen LogP contribution in [0.3, 0.4) is 0 Å². The molecule has 4 heteroatoms. The first-order chi connectivity index (χ1) is 8.15. The van der Waals surface area contributed by atoms with Crippen molar-refractivity contribution in [2.75, 3.05) is 5.32 Å². The smallest absolute Gasteiger partial charge is 0.255 e. The number of nitrogens with zero attached hydrogens (tertiary/aromatic N) is 1. The molecule has 0 aliphatic heterocycles. The number of rotatable bonds is 2. The minimum atomic E-state index is -0.131. The maximum atomic E-state index is 11.9. The first kappa shape index (κ1) is 11.8. The van der Waals surface area contributed by atoms with Crippen LogP contribution in [0.5, 0.6) is 0 Å². The molecule has 0 spiro atoms. The molecule has 86 valence electrons. The number of carbonyl (C=O) groups excluding carboxylic acids is 1. The Hall–Kier alpha value is -1.68. The Kier molecular flexibility index (Phi) is 3.54. The molecule has 1 aromatic carbocycles. The predicted octanol–water partition coefficient (Wildman–Crippen LogP) is 3.40. The van der Waals surface area contributed by atoms with Crippen LogP contribution in [0.25, 0.3) is 0 Å². The molecule has 3 nitrogen and oxygen atoms in total. The lowest BCUT2D eigenvalue weighted by Crippen LogP contribution is -2.12. The van der Waals surface area contributed by atoms with Crippen LogP contribution in [0, 0.1) is 6.92 Å². The first-order valence-electron chi connectivity index (χ1n) is 5.15. The van der Waals surface area contributed by atoms with Crippen LogP contribution in [-0.4, -0.2) is 10.9 Å². The van der Waals surface area contributed by atoms with Gasteiger partial charge in [-0.15, -0.1) is 0 Å². The first-order valence-corrected chi connectivity index (χ1v) is 5.94. The summed E-state index contributed by atoms with van der Waals surface area (Å²) in [5.74, 6) is -0.131. The Morgan fingerprint density at radius 2 is 2.12 bits per heavy atom. The zero-order valence-electron chi connectivity index (χ0n) is 9.27. The fourth-order valence-corrected chi connectivity index (χ4v) is 1.86. The number of aromatic nitrogens is 1. The van der Waals surface area contributed by atoms with E-state index in [9.17, 15) is 4.79 Å². The molecule has 1 heterocycles. The van der Waals surface area contributed by atoms with Crippen molar-refractivity contribution >= 4 is 27.5 Å². The topological polar surface area (TPSA) is 42.0 Å². The number of carbonyl (C=O) groups is 1. The molecule has 1 N–H and O–H groups in total. The fourth-order valence-electron chi connectivity index (χ4n) is 1.46. The van der Waals surface area contributed by atoms with Crippen LogP contribution >= 0.6 is 15.9 Å². The molecule has 0 atom stereocenters. The number of benzene rings is 1. The Morgan fingerprint density at radius 3 is 2.82 bits per heavy atom. The summed E-state index contributed by atoms with van der Waals surface area (Å²) < 4.78 is 0.932. The minimum absolute atomic E-state index is 0.131. The highest BCUT2D eigenvalue weighted by Crippen LogP contribution is 2.16. The van der Waals surface area contributed by atoms with E-state index in [1.807, 2.05) is 31.2 Å². The number of hydrogen-bond donors (Lipinski definition) is 1. The Labute approximate surface area is 108 Å². The van der Waals surface area contributed by atoms with Crippen LogP contribution in [0.4, 0.5) is 5.69 Å². The molecule has 0 aliphatic rings. The van der Waals surface area contributed by atoms with Crippen LogP contribution in [0.1, 0.15) is 16.1 Å². The largest absolute Gasteiger partial charge is 0.322 e.